The molecule has 2 rings (SSSR count). The number of hydrogen-bond acceptors (Lipinski definition) is 3. The third-order valence-electron chi connectivity index (χ3n) is 3.07. The van der Waals surface area contributed by atoms with Crippen molar-refractivity contribution in [2.75, 3.05) is 6.61 Å². The lowest BCUT2D eigenvalue weighted by atomic mass is 10.1. The second-order valence-corrected chi connectivity index (χ2v) is 4.15. The predicted molar refractivity (Wildman–Crippen MR) is 59.6 cm³/mol. The molecule has 1 N–H and O–H groups in total. The first-order chi connectivity index (χ1) is 7.27. The lowest BCUT2D eigenvalue weighted by Gasteiger charge is -2.16. The number of hydrogen-bond donors (Lipinski definition) is 1. The monoisotopic (exact) mass is 206 g/mol. The second kappa shape index (κ2) is 4.73. The van der Waals surface area contributed by atoms with E-state index in [0.29, 0.717) is 12.1 Å². The van der Waals surface area contributed by atoms with Gasteiger partial charge in [0.1, 0.15) is 0 Å². The summed E-state index contributed by atoms with van der Waals surface area (Å²) < 4.78 is 5.51. The van der Waals surface area contributed by atoms with Crippen LogP contribution in [-0.4, -0.2) is 23.7 Å². The fourth-order valence-corrected chi connectivity index (χ4v) is 1.94. The van der Waals surface area contributed by atoms with E-state index in [9.17, 15) is 0 Å². The standard InChI is InChI=1S/C12H18N2O/c1-9-7-13-5-3-11(9)8-14-12-4-6-15-10(12)2/h3,5,7,10,12,14H,4,6,8H2,1-2H3. The molecule has 1 aromatic heterocycles. The van der Waals surface area contributed by atoms with Crippen molar-refractivity contribution in [1.82, 2.24) is 10.3 Å². The van der Waals surface area contributed by atoms with Gasteiger partial charge in [-0.1, -0.05) is 0 Å². The van der Waals surface area contributed by atoms with Crippen LogP contribution >= 0.6 is 0 Å². The van der Waals surface area contributed by atoms with Crippen molar-refractivity contribution in [2.24, 2.45) is 0 Å². The first-order valence-electron chi connectivity index (χ1n) is 5.52. The third kappa shape index (κ3) is 2.55. The van der Waals surface area contributed by atoms with Gasteiger partial charge in [0.15, 0.2) is 0 Å². The molecule has 2 unspecified atom stereocenters. The maximum absolute atomic E-state index is 5.51. The van der Waals surface area contributed by atoms with Crippen molar-refractivity contribution in [3.63, 3.8) is 0 Å². The van der Waals surface area contributed by atoms with Gasteiger partial charge in [-0.3, -0.25) is 4.98 Å². The summed E-state index contributed by atoms with van der Waals surface area (Å²) in [5.74, 6) is 0. The van der Waals surface area contributed by atoms with Crippen molar-refractivity contribution < 1.29 is 4.74 Å². The Kier molecular flexibility index (Phi) is 3.34. The van der Waals surface area contributed by atoms with Crippen LogP contribution in [0.2, 0.25) is 0 Å². The summed E-state index contributed by atoms with van der Waals surface area (Å²) >= 11 is 0. The van der Waals surface area contributed by atoms with Crippen LogP contribution in [0.15, 0.2) is 18.5 Å². The maximum atomic E-state index is 5.51. The third-order valence-corrected chi connectivity index (χ3v) is 3.07. The molecule has 0 aromatic carbocycles. The highest BCUT2D eigenvalue weighted by Gasteiger charge is 2.23. The van der Waals surface area contributed by atoms with E-state index in [1.165, 1.54) is 11.1 Å². The van der Waals surface area contributed by atoms with Crippen molar-refractivity contribution in [1.29, 1.82) is 0 Å². The van der Waals surface area contributed by atoms with E-state index in [1.807, 2.05) is 12.4 Å². The van der Waals surface area contributed by atoms with Gasteiger partial charge in [-0.05, 0) is 37.5 Å². The molecule has 2 heterocycles. The van der Waals surface area contributed by atoms with Gasteiger partial charge in [-0.25, -0.2) is 0 Å². The highest BCUT2D eigenvalue weighted by Crippen LogP contribution is 2.14. The van der Waals surface area contributed by atoms with E-state index in [2.05, 4.69) is 30.2 Å². The van der Waals surface area contributed by atoms with Gasteiger partial charge in [-0.15, -0.1) is 0 Å². The summed E-state index contributed by atoms with van der Waals surface area (Å²) in [7, 11) is 0. The zero-order chi connectivity index (χ0) is 10.7. The van der Waals surface area contributed by atoms with Crippen LogP contribution in [-0.2, 0) is 11.3 Å². The summed E-state index contributed by atoms with van der Waals surface area (Å²) in [5, 5.41) is 3.54. The van der Waals surface area contributed by atoms with Crippen LogP contribution in [0.5, 0.6) is 0 Å². The molecule has 0 aliphatic carbocycles. The topological polar surface area (TPSA) is 34.2 Å². The lowest BCUT2D eigenvalue weighted by molar-refractivity contribution is 0.113. The minimum atomic E-state index is 0.340. The molecule has 15 heavy (non-hydrogen) atoms. The van der Waals surface area contributed by atoms with Crippen LogP contribution in [0.25, 0.3) is 0 Å². The van der Waals surface area contributed by atoms with Crippen LogP contribution in [0, 0.1) is 6.92 Å². The number of aryl methyl sites for hydroxylation is 1. The van der Waals surface area contributed by atoms with Crippen LogP contribution < -0.4 is 5.32 Å². The molecule has 1 saturated heterocycles. The van der Waals surface area contributed by atoms with E-state index in [4.69, 9.17) is 4.74 Å². The molecule has 1 aliphatic heterocycles. The Morgan fingerprint density at radius 3 is 3.13 bits per heavy atom. The summed E-state index contributed by atoms with van der Waals surface area (Å²) in [4.78, 5) is 4.09. The first-order valence-corrected chi connectivity index (χ1v) is 5.52. The average Bonchev–Trinajstić information content (AvgIpc) is 2.63. The van der Waals surface area contributed by atoms with E-state index in [1.54, 1.807) is 0 Å². The molecule has 0 saturated carbocycles. The molecular formula is C12H18N2O. The van der Waals surface area contributed by atoms with Crippen molar-refractivity contribution in [3.8, 4) is 0 Å². The molecular weight excluding hydrogens is 188 g/mol. The van der Waals surface area contributed by atoms with E-state index in [-0.39, 0.29) is 0 Å². The number of aromatic nitrogens is 1. The Morgan fingerprint density at radius 1 is 1.60 bits per heavy atom. The maximum Gasteiger partial charge on any atom is 0.0700 e. The Hall–Kier alpha value is -0.930. The SMILES string of the molecule is Cc1cnccc1CNC1CCOC1C. The second-order valence-electron chi connectivity index (χ2n) is 4.15. The molecule has 1 aromatic rings. The van der Waals surface area contributed by atoms with Gasteiger partial charge in [0, 0.05) is 31.6 Å². The zero-order valence-corrected chi connectivity index (χ0v) is 9.36. The Balaban J connectivity index is 1.90. The Morgan fingerprint density at radius 2 is 2.47 bits per heavy atom. The van der Waals surface area contributed by atoms with Gasteiger partial charge < -0.3 is 10.1 Å². The van der Waals surface area contributed by atoms with E-state index >= 15 is 0 Å². The van der Waals surface area contributed by atoms with Gasteiger partial charge in [0.2, 0.25) is 0 Å². The summed E-state index contributed by atoms with van der Waals surface area (Å²) in [5.41, 5.74) is 2.57. The lowest BCUT2D eigenvalue weighted by Crippen LogP contribution is -2.34. The number of ether oxygens (including phenoxy) is 1. The van der Waals surface area contributed by atoms with Gasteiger partial charge >= 0.3 is 0 Å². The van der Waals surface area contributed by atoms with E-state index in [0.717, 1.165) is 19.6 Å². The molecule has 0 amide bonds. The largest absolute Gasteiger partial charge is 0.377 e. The van der Waals surface area contributed by atoms with Crippen molar-refractivity contribution in [3.05, 3.63) is 29.6 Å². The molecule has 0 radical (unpaired) electrons. The van der Waals surface area contributed by atoms with Crippen LogP contribution in [0.3, 0.4) is 0 Å². The van der Waals surface area contributed by atoms with Gasteiger partial charge in [0.05, 0.1) is 6.10 Å². The zero-order valence-electron chi connectivity index (χ0n) is 9.36. The molecule has 2 atom stereocenters. The number of nitrogens with one attached hydrogen (secondary N) is 1. The molecule has 1 aliphatic rings. The molecule has 82 valence electrons. The fourth-order valence-electron chi connectivity index (χ4n) is 1.94. The first kappa shape index (κ1) is 10.6. The highest BCUT2D eigenvalue weighted by molar-refractivity contribution is 5.21. The van der Waals surface area contributed by atoms with Crippen LogP contribution in [0.1, 0.15) is 24.5 Å². The quantitative estimate of drug-likeness (QED) is 0.816. The average molecular weight is 206 g/mol. The molecule has 1 fully saturated rings. The Bertz CT molecular complexity index is 327. The highest BCUT2D eigenvalue weighted by atomic mass is 16.5. The van der Waals surface area contributed by atoms with Crippen molar-refractivity contribution in [2.45, 2.75) is 39.0 Å². The molecule has 3 heteroatoms. The number of pyridine rings is 1. The molecule has 0 spiro atoms. The number of nitrogens with zero attached hydrogens (tertiary/aromatic N) is 1. The molecule has 0 bridgehead atoms. The van der Waals surface area contributed by atoms with E-state index < -0.39 is 0 Å². The minimum absolute atomic E-state index is 0.340. The summed E-state index contributed by atoms with van der Waals surface area (Å²) in [6.45, 7) is 6.02. The predicted octanol–water partition coefficient (Wildman–Crippen LogP) is 1.66. The summed E-state index contributed by atoms with van der Waals surface area (Å²) in [6.07, 6.45) is 5.21. The normalized spacial score (nSPS) is 25.7. The summed E-state index contributed by atoms with van der Waals surface area (Å²) in [6, 6.07) is 2.57. The van der Waals surface area contributed by atoms with Crippen LogP contribution in [0.4, 0.5) is 0 Å². The Labute approximate surface area is 90.9 Å². The van der Waals surface area contributed by atoms with Crippen molar-refractivity contribution >= 4 is 0 Å². The fraction of sp³-hybridized carbons (Fsp3) is 0.583. The molecule has 3 nitrogen and oxygen atoms in total. The minimum Gasteiger partial charge on any atom is -0.377 e. The smallest absolute Gasteiger partial charge is 0.0700 e. The van der Waals surface area contributed by atoms with Gasteiger partial charge in [0.25, 0.3) is 0 Å². The van der Waals surface area contributed by atoms with Gasteiger partial charge in [-0.2, -0.15) is 0 Å². The number of rotatable bonds is 3.